The Morgan fingerprint density at radius 3 is 2.80 bits per heavy atom. The van der Waals surface area contributed by atoms with E-state index in [2.05, 4.69) is 21.4 Å². The molecule has 0 fully saturated rings. The molecule has 2 heterocycles. The van der Waals surface area contributed by atoms with Crippen molar-refractivity contribution in [3.63, 3.8) is 0 Å². The highest BCUT2D eigenvalue weighted by Crippen LogP contribution is 2.33. The molecule has 2 aliphatic carbocycles. The molecule has 0 spiro atoms. The highest BCUT2D eigenvalue weighted by Gasteiger charge is 2.20. The Labute approximate surface area is 121 Å². The molecule has 2 aromatic heterocycles. The van der Waals surface area contributed by atoms with Crippen LogP contribution in [0.1, 0.15) is 40.2 Å². The van der Waals surface area contributed by atoms with Crippen LogP contribution in [0.3, 0.4) is 0 Å². The molecule has 4 nitrogen and oxygen atoms in total. The van der Waals surface area contributed by atoms with E-state index in [1.54, 1.807) is 11.3 Å². The third kappa shape index (κ3) is 1.88. The Balaban J connectivity index is 1.69. The number of thiazole rings is 1. The first-order valence-electron chi connectivity index (χ1n) is 7.02. The van der Waals surface area contributed by atoms with Crippen molar-refractivity contribution in [1.29, 1.82) is 5.26 Å². The second-order valence-corrected chi connectivity index (χ2v) is 6.41. The highest BCUT2D eigenvalue weighted by molar-refractivity contribution is 7.15. The molecule has 1 N–H and O–H groups in total. The van der Waals surface area contributed by atoms with Crippen LogP contribution in [0.5, 0.6) is 0 Å². The van der Waals surface area contributed by atoms with Crippen LogP contribution in [0.15, 0.2) is 6.07 Å². The molecule has 0 saturated heterocycles. The number of aryl methyl sites for hydroxylation is 4. The van der Waals surface area contributed by atoms with Crippen LogP contribution in [-0.4, -0.2) is 9.97 Å². The first-order valence-corrected chi connectivity index (χ1v) is 7.83. The van der Waals surface area contributed by atoms with E-state index >= 15 is 0 Å². The normalized spacial score (nSPS) is 15.8. The molecular weight excluding hydrogens is 268 g/mol. The molecule has 0 atom stereocenters. The summed E-state index contributed by atoms with van der Waals surface area (Å²) in [6.07, 6.45) is 6.64. The fourth-order valence-electron chi connectivity index (χ4n) is 3.00. The van der Waals surface area contributed by atoms with E-state index in [1.165, 1.54) is 22.6 Å². The number of nitriles is 1. The summed E-state index contributed by atoms with van der Waals surface area (Å²) in [6, 6.07) is 4.23. The van der Waals surface area contributed by atoms with Crippen molar-refractivity contribution in [2.45, 2.75) is 38.5 Å². The average molecular weight is 282 g/mol. The summed E-state index contributed by atoms with van der Waals surface area (Å²) in [5.41, 5.74) is 4.21. The molecule has 0 aromatic carbocycles. The van der Waals surface area contributed by atoms with Gasteiger partial charge in [0.05, 0.1) is 11.3 Å². The summed E-state index contributed by atoms with van der Waals surface area (Å²) >= 11 is 1.70. The van der Waals surface area contributed by atoms with Crippen molar-refractivity contribution in [1.82, 2.24) is 9.97 Å². The van der Waals surface area contributed by atoms with E-state index in [-0.39, 0.29) is 0 Å². The van der Waals surface area contributed by atoms with Gasteiger partial charge in [0.1, 0.15) is 11.9 Å². The first-order chi connectivity index (χ1) is 9.83. The number of hydrogen-bond donors (Lipinski definition) is 1. The third-order valence-electron chi connectivity index (χ3n) is 3.99. The summed E-state index contributed by atoms with van der Waals surface area (Å²) in [6.45, 7) is 0. The standard InChI is InChI=1S/C15H14N4S/c16-8-10-7-9-3-1-4-11(9)17-14(10)19-15-18-12-5-2-6-13(12)20-15/h7H,1-6H2,(H,17,18,19). The molecule has 5 heteroatoms. The fourth-order valence-corrected chi connectivity index (χ4v) is 4.05. The van der Waals surface area contributed by atoms with E-state index in [0.29, 0.717) is 11.4 Å². The predicted molar refractivity (Wildman–Crippen MR) is 78.4 cm³/mol. The lowest BCUT2D eigenvalue weighted by atomic mass is 10.1. The molecule has 0 unspecified atom stereocenters. The zero-order valence-corrected chi connectivity index (χ0v) is 11.9. The van der Waals surface area contributed by atoms with Crippen LogP contribution < -0.4 is 5.32 Å². The Kier molecular flexibility index (Phi) is 2.71. The maximum Gasteiger partial charge on any atom is 0.188 e. The van der Waals surface area contributed by atoms with E-state index in [0.717, 1.165) is 42.9 Å². The Morgan fingerprint density at radius 1 is 1.10 bits per heavy atom. The second kappa shape index (κ2) is 4.57. The van der Waals surface area contributed by atoms with Crippen LogP contribution in [0, 0.1) is 11.3 Å². The van der Waals surface area contributed by atoms with Gasteiger partial charge in [0, 0.05) is 10.6 Å². The molecule has 100 valence electrons. The minimum absolute atomic E-state index is 0.626. The average Bonchev–Trinajstić information content (AvgIpc) is 3.12. The van der Waals surface area contributed by atoms with Gasteiger partial charge in [-0.2, -0.15) is 5.26 Å². The summed E-state index contributed by atoms with van der Waals surface area (Å²) in [7, 11) is 0. The van der Waals surface area contributed by atoms with Gasteiger partial charge in [-0.3, -0.25) is 0 Å². The van der Waals surface area contributed by atoms with Gasteiger partial charge in [0.2, 0.25) is 0 Å². The Bertz CT molecular complexity index is 705. The SMILES string of the molecule is N#Cc1cc2c(nc1Nc1nc3c(s1)CCC3)CCC2. The Morgan fingerprint density at radius 2 is 1.95 bits per heavy atom. The van der Waals surface area contributed by atoms with E-state index < -0.39 is 0 Å². The van der Waals surface area contributed by atoms with E-state index in [1.807, 2.05) is 6.07 Å². The molecule has 2 aromatic rings. The number of rotatable bonds is 2. The van der Waals surface area contributed by atoms with Crippen LogP contribution in [0.25, 0.3) is 0 Å². The topological polar surface area (TPSA) is 61.6 Å². The van der Waals surface area contributed by atoms with E-state index in [4.69, 9.17) is 0 Å². The molecule has 0 amide bonds. The molecule has 4 rings (SSSR count). The molecule has 0 aliphatic heterocycles. The lowest BCUT2D eigenvalue weighted by Crippen LogP contribution is -2.00. The summed E-state index contributed by atoms with van der Waals surface area (Å²) in [4.78, 5) is 10.6. The van der Waals surface area contributed by atoms with Crippen molar-refractivity contribution in [3.8, 4) is 6.07 Å². The monoisotopic (exact) mass is 282 g/mol. The predicted octanol–water partition coefficient (Wildman–Crippen LogP) is 3.13. The number of fused-ring (bicyclic) bond motifs is 2. The van der Waals surface area contributed by atoms with Gasteiger partial charge in [-0.25, -0.2) is 9.97 Å². The summed E-state index contributed by atoms with van der Waals surface area (Å²) in [5, 5.41) is 13.4. The lowest BCUT2D eigenvalue weighted by molar-refractivity contribution is 0.898. The van der Waals surface area contributed by atoms with Gasteiger partial charge in [0.25, 0.3) is 0 Å². The van der Waals surface area contributed by atoms with Crippen LogP contribution in [-0.2, 0) is 25.7 Å². The first kappa shape index (κ1) is 11.9. The van der Waals surface area contributed by atoms with Crippen molar-refractivity contribution in [2.24, 2.45) is 0 Å². The second-order valence-electron chi connectivity index (χ2n) is 5.32. The highest BCUT2D eigenvalue weighted by atomic mass is 32.1. The van der Waals surface area contributed by atoms with Crippen molar-refractivity contribution in [3.05, 3.63) is 33.5 Å². The number of aromatic nitrogens is 2. The maximum atomic E-state index is 9.30. The number of pyridine rings is 1. The van der Waals surface area contributed by atoms with Gasteiger partial charge in [-0.15, -0.1) is 11.3 Å². The number of nitrogens with zero attached hydrogens (tertiary/aromatic N) is 3. The third-order valence-corrected chi connectivity index (χ3v) is 5.07. The number of anilines is 2. The molecule has 0 bridgehead atoms. The van der Waals surface area contributed by atoms with Gasteiger partial charge in [-0.1, -0.05) is 0 Å². The zero-order valence-electron chi connectivity index (χ0n) is 11.1. The summed E-state index contributed by atoms with van der Waals surface area (Å²) in [5.74, 6) is 0.667. The molecule has 0 saturated carbocycles. The van der Waals surface area contributed by atoms with Crippen LogP contribution in [0.2, 0.25) is 0 Å². The minimum atomic E-state index is 0.626. The number of hydrogen-bond acceptors (Lipinski definition) is 5. The molecule has 2 aliphatic rings. The fraction of sp³-hybridized carbons (Fsp3) is 0.400. The largest absolute Gasteiger partial charge is 0.315 e. The zero-order chi connectivity index (χ0) is 13.5. The summed E-state index contributed by atoms with van der Waals surface area (Å²) < 4.78 is 0. The van der Waals surface area contributed by atoms with Crippen molar-refractivity contribution >= 4 is 22.3 Å². The lowest BCUT2D eigenvalue weighted by Gasteiger charge is -2.07. The quantitative estimate of drug-likeness (QED) is 0.919. The molecular formula is C15H14N4S. The van der Waals surface area contributed by atoms with E-state index in [9.17, 15) is 5.26 Å². The van der Waals surface area contributed by atoms with Crippen LogP contribution in [0.4, 0.5) is 10.9 Å². The molecule has 0 radical (unpaired) electrons. The van der Waals surface area contributed by atoms with Gasteiger partial charge < -0.3 is 5.32 Å². The smallest absolute Gasteiger partial charge is 0.188 e. The number of nitrogens with one attached hydrogen (secondary N) is 1. The van der Waals surface area contributed by atoms with Gasteiger partial charge >= 0.3 is 0 Å². The molecule has 20 heavy (non-hydrogen) atoms. The van der Waals surface area contributed by atoms with Gasteiger partial charge in [0.15, 0.2) is 5.13 Å². The van der Waals surface area contributed by atoms with Gasteiger partial charge in [-0.05, 0) is 50.2 Å². The van der Waals surface area contributed by atoms with Crippen molar-refractivity contribution < 1.29 is 0 Å². The van der Waals surface area contributed by atoms with Crippen molar-refractivity contribution in [2.75, 3.05) is 5.32 Å². The Hall–Kier alpha value is -1.93. The maximum absolute atomic E-state index is 9.30. The minimum Gasteiger partial charge on any atom is -0.315 e. The van der Waals surface area contributed by atoms with Crippen LogP contribution >= 0.6 is 11.3 Å².